The summed E-state index contributed by atoms with van der Waals surface area (Å²) in [5.74, 6) is 0.512. The Morgan fingerprint density at radius 1 is 0.500 bits per heavy atom. The number of hydrogen-bond acceptors (Lipinski definition) is 0. The van der Waals surface area contributed by atoms with E-state index in [9.17, 15) is 0 Å². The first-order valence-corrected chi connectivity index (χ1v) is 13.4. The molecule has 40 heavy (non-hydrogen) atoms. The minimum absolute atomic E-state index is 0. The van der Waals surface area contributed by atoms with Crippen molar-refractivity contribution in [2.24, 2.45) is 0 Å². The molecular formula is C34H40Br2N2O2. The summed E-state index contributed by atoms with van der Waals surface area (Å²) in [6.45, 7) is 14.0. The van der Waals surface area contributed by atoms with Crippen LogP contribution in [0.3, 0.4) is 0 Å². The van der Waals surface area contributed by atoms with Crippen LogP contribution in [0.5, 0.6) is 0 Å². The van der Waals surface area contributed by atoms with Crippen molar-refractivity contribution in [3.63, 3.8) is 0 Å². The summed E-state index contributed by atoms with van der Waals surface area (Å²) in [6.07, 6.45) is 4.66. The zero-order valence-corrected chi connectivity index (χ0v) is 27.2. The van der Waals surface area contributed by atoms with Crippen molar-refractivity contribution in [1.82, 2.24) is 0 Å². The molecule has 4 N–H and O–H groups in total. The maximum Gasteiger partial charge on any atom is 0.200 e. The Morgan fingerprint density at radius 2 is 0.875 bits per heavy atom. The smallest absolute Gasteiger partial charge is 0.200 e. The van der Waals surface area contributed by atoms with E-state index in [0.29, 0.717) is 0 Å². The highest BCUT2D eigenvalue weighted by atomic mass is 79.9. The van der Waals surface area contributed by atoms with Crippen LogP contribution in [0, 0.1) is 0 Å². The van der Waals surface area contributed by atoms with Gasteiger partial charge in [0.25, 0.3) is 0 Å². The molecule has 6 aliphatic rings. The second-order valence-electron chi connectivity index (χ2n) is 13.1. The van der Waals surface area contributed by atoms with E-state index < -0.39 is 0 Å². The van der Waals surface area contributed by atoms with Crippen LogP contribution in [0.2, 0.25) is 0 Å². The van der Waals surface area contributed by atoms with Gasteiger partial charge in [-0.2, -0.15) is 9.13 Å². The molecule has 6 heteroatoms. The van der Waals surface area contributed by atoms with Crippen molar-refractivity contribution >= 4 is 0 Å². The molecule has 0 saturated carbocycles. The third-order valence-corrected chi connectivity index (χ3v) is 8.93. The van der Waals surface area contributed by atoms with Crippen molar-refractivity contribution in [3.05, 3.63) is 130 Å². The summed E-state index contributed by atoms with van der Waals surface area (Å²) in [5.41, 5.74) is 12.0. The number of pyridine rings is 2. The Morgan fingerprint density at radius 3 is 1.23 bits per heavy atom. The van der Waals surface area contributed by atoms with Gasteiger partial charge in [-0.1, -0.05) is 90.1 Å². The fourth-order valence-electron chi connectivity index (χ4n) is 7.09. The highest BCUT2D eigenvalue weighted by Gasteiger charge is 2.58. The molecule has 0 saturated heterocycles. The molecule has 0 amide bonds. The average Bonchev–Trinajstić information content (AvgIpc) is 2.83. The normalized spacial score (nSPS) is 20.9. The van der Waals surface area contributed by atoms with E-state index in [4.69, 9.17) is 0 Å². The molecule has 0 fully saturated rings. The summed E-state index contributed by atoms with van der Waals surface area (Å²) >= 11 is 0. The molecule has 212 valence electrons. The first-order valence-electron chi connectivity index (χ1n) is 13.4. The van der Waals surface area contributed by atoms with Gasteiger partial charge in [0, 0.05) is 35.4 Å². The fourth-order valence-corrected chi connectivity index (χ4v) is 7.09. The van der Waals surface area contributed by atoms with Crippen molar-refractivity contribution in [2.75, 3.05) is 0 Å². The molecule has 2 aromatic heterocycles. The quantitative estimate of drug-likeness (QED) is 0.216. The lowest BCUT2D eigenvalue weighted by atomic mass is 9.64. The van der Waals surface area contributed by atoms with Gasteiger partial charge in [-0.05, 0) is 33.1 Å². The molecule has 0 unspecified atom stereocenters. The van der Waals surface area contributed by atoms with Crippen molar-refractivity contribution in [2.45, 2.75) is 76.3 Å². The van der Waals surface area contributed by atoms with E-state index in [-0.39, 0.29) is 79.7 Å². The molecule has 0 radical (unpaired) electrons. The summed E-state index contributed by atoms with van der Waals surface area (Å²) in [5, 5.41) is 0. The third-order valence-electron chi connectivity index (χ3n) is 8.93. The molecule has 4 atom stereocenters. The highest BCUT2D eigenvalue weighted by Crippen LogP contribution is 2.55. The van der Waals surface area contributed by atoms with Crippen LogP contribution in [0.15, 0.2) is 85.2 Å². The second kappa shape index (κ2) is 10.8. The van der Waals surface area contributed by atoms with Crippen molar-refractivity contribution in [1.29, 1.82) is 0 Å². The number of halogens is 2. The Balaban J connectivity index is 0.00000110. The molecule has 10 rings (SSSR count). The van der Waals surface area contributed by atoms with Crippen molar-refractivity contribution < 1.29 is 54.0 Å². The van der Waals surface area contributed by atoms with Gasteiger partial charge < -0.3 is 44.9 Å². The molecule has 4 bridgehead atoms. The topological polar surface area (TPSA) is 70.8 Å². The Bertz CT molecular complexity index is 1440. The van der Waals surface area contributed by atoms with Gasteiger partial charge in [0.2, 0.25) is 12.1 Å². The first-order chi connectivity index (χ1) is 17.1. The van der Waals surface area contributed by atoms with Gasteiger partial charge in [-0.15, -0.1) is 0 Å². The lowest BCUT2D eigenvalue weighted by Gasteiger charge is -2.42. The second-order valence-corrected chi connectivity index (χ2v) is 13.1. The minimum Gasteiger partial charge on any atom is -1.00 e. The van der Waals surface area contributed by atoms with Crippen LogP contribution in [-0.4, -0.2) is 11.0 Å². The first kappa shape index (κ1) is 32.1. The van der Waals surface area contributed by atoms with Crippen LogP contribution >= 0.6 is 0 Å². The van der Waals surface area contributed by atoms with E-state index in [1.165, 1.54) is 44.8 Å². The SMILES string of the molecule is CC(C)(C)c1ccc2c(c1)[C@H]1c3cccc[n+]3[C@@H]2[C@@H]2c3cc(C(C)(C)C)ccc3[C@H]1[n+]1ccccc12.O.O.[Br-].[Br-]. The number of rotatable bonds is 0. The lowest BCUT2D eigenvalue weighted by molar-refractivity contribution is -0.769. The summed E-state index contributed by atoms with van der Waals surface area (Å²) in [6, 6.07) is 28.8. The number of nitrogens with zero attached hydrogens (tertiary/aromatic N) is 2. The zero-order valence-electron chi connectivity index (χ0n) is 24.0. The van der Waals surface area contributed by atoms with Crippen LogP contribution in [0.25, 0.3) is 0 Å². The van der Waals surface area contributed by atoms with Crippen LogP contribution in [0.1, 0.15) is 110 Å². The lowest BCUT2D eigenvalue weighted by Crippen LogP contribution is -3.00. The minimum atomic E-state index is 0. The van der Waals surface area contributed by atoms with E-state index in [2.05, 4.69) is 136 Å². The highest BCUT2D eigenvalue weighted by molar-refractivity contribution is 5.53. The standard InChI is InChI=1S/C34H36N2.2BrH.2H2O/c1-33(2,3)21-13-15-23-25(19-21)29-27-11-7-9-17-35(27)31(23)30-26-20-22(34(4,5)6)14-16-24(26)32(29)36-18-10-8-12-28(30)36;;;;/h7-20,29-32H,1-6H3;2*1H;2*1H2/q+2;;;;/p-2/t29-,30+,31-,32+;;;;. The number of aromatic nitrogens is 2. The third kappa shape index (κ3) is 4.48. The summed E-state index contributed by atoms with van der Waals surface area (Å²) < 4.78 is 5.20. The van der Waals surface area contributed by atoms with Crippen LogP contribution < -0.4 is 43.1 Å². The molecular weight excluding hydrogens is 628 g/mol. The van der Waals surface area contributed by atoms with Gasteiger partial charge in [0.05, 0.1) is 0 Å². The van der Waals surface area contributed by atoms with Crippen molar-refractivity contribution in [3.8, 4) is 0 Å². The van der Waals surface area contributed by atoms with Gasteiger partial charge in [-0.25, -0.2) is 0 Å². The molecule has 0 spiro atoms. The predicted molar refractivity (Wildman–Crippen MR) is 151 cm³/mol. The molecule has 4 nitrogen and oxygen atoms in total. The van der Waals surface area contributed by atoms with E-state index in [1.807, 2.05) is 0 Å². The molecule has 5 aliphatic heterocycles. The van der Waals surface area contributed by atoms with Crippen LogP contribution in [-0.2, 0) is 10.8 Å². The maximum absolute atomic E-state index is 2.60. The zero-order chi connectivity index (χ0) is 25.0. The van der Waals surface area contributed by atoms with Gasteiger partial charge in [-0.3, -0.25) is 0 Å². The Hall–Kier alpha value is -2.38. The summed E-state index contributed by atoms with van der Waals surface area (Å²) in [7, 11) is 0. The van der Waals surface area contributed by atoms with Crippen LogP contribution in [0.4, 0.5) is 0 Å². The largest absolute Gasteiger partial charge is 1.00 e. The molecule has 2 aromatic carbocycles. The van der Waals surface area contributed by atoms with E-state index in [1.54, 1.807) is 0 Å². The van der Waals surface area contributed by atoms with Gasteiger partial charge >= 0.3 is 0 Å². The van der Waals surface area contributed by atoms with Gasteiger partial charge in [0.1, 0.15) is 11.8 Å². The van der Waals surface area contributed by atoms with Gasteiger partial charge in [0.15, 0.2) is 23.8 Å². The monoisotopic (exact) mass is 666 g/mol. The maximum atomic E-state index is 2.60. The summed E-state index contributed by atoms with van der Waals surface area (Å²) in [4.78, 5) is 0. The number of benzene rings is 2. The predicted octanol–water partition coefficient (Wildman–Crippen LogP) is -1.00. The molecule has 1 aliphatic carbocycles. The van der Waals surface area contributed by atoms with E-state index >= 15 is 0 Å². The molecule has 4 aromatic rings. The average molecular weight is 669 g/mol. The fraction of sp³-hybridized carbons (Fsp3) is 0.353. The number of hydrogen-bond donors (Lipinski definition) is 0. The Kier molecular flexibility index (Phi) is 8.67. The Labute approximate surface area is 259 Å². The molecule has 7 heterocycles. The van der Waals surface area contributed by atoms with E-state index in [0.717, 1.165) is 0 Å².